The monoisotopic (exact) mass is 311 g/mol. The summed E-state index contributed by atoms with van der Waals surface area (Å²) in [6, 6.07) is 15.5. The lowest BCUT2D eigenvalue weighted by Crippen LogP contribution is -2.22. The Balaban J connectivity index is 1.66. The minimum Gasteiger partial charge on any atom is -0.378 e. The van der Waals surface area contributed by atoms with Crippen LogP contribution in [0.15, 0.2) is 48.5 Å². The molecule has 0 aliphatic carbocycles. The summed E-state index contributed by atoms with van der Waals surface area (Å²) >= 11 is 1.61. The number of thiazole rings is 1. The first-order valence-corrected chi connectivity index (χ1v) is 7.85. The Labute approximate surface area is 133 Å². The van der Waals surface area contributed by atoms with E-state index in [4.69, 9.17) is 0 Å². The number of amides is 1. The van der Waals surface area contributed by atoms with Gasteiger partial charge in [-0.15, -0.1) is 11.3 Å². The zero-order chi connectivity index (χ0) is 15.5. The van der Waals surface area contributed by atoms with E-state index in [-0.39, 0.29) is 5.91 Å². The van der Waals surface area contributed by atoms with Crippen molar-refractivity contribution in [1.29, 1.82) is 0 Å². The van der Waals surface area contributed by atoms with Crippen LogP contribution in [0, 0.1) is 0 Å². The van der Waals surface area contributed by atoms with Gasteiger partial charge in [-0.25, -0.2) is 4.98 Å². The maximum atomic E-state index is 12.2. The number of rotatable bonds is 4. The molecule has 3 aromatic rings. The number of nitrogens with zero attached hydrogens (tertiary/aromatic N) is 2. The maximum absolute atomic E-state index is 12.2. The molecule has 0 aliphatic heterocycles. The van der Waals surface area contributed by atoms with Crippen molar-refractivity contribution < 1.29 is 4.79 Å². The molecule has 1 heterocycles. The number of benzene rings is 2. The third-order valence-corrected chi connectivity index (χ3v) is 4.42. The van der Waals surface area contributed by atoms with Crippen LogP contribution in [0.2, 0.25) is 0 Å². The lowest BCUT2D eigenvalue weighted by Gasteiger charge is -2.12. The molecular weight excluding hydrogens is 294 g/mol. The molecule has 1 N–H and O–H groups in total. The summed E-state index contributed by atoms with van der Waals surface area (Å²) < 4.78 is 1.14. The first-order valence-electron chi connectivity index (χ1n) is 7.03. The Morgan fingerprint density at radius 2 is 1.86 bits per heavy atom. The largest absolute Gasteiger partial charge is 0.378 e. The predicted octanol–water partition coefficient (Wildman–Crippen LogP) is 3.29. The van der Waals surface area contributed by atoms with E-state index < -0.39 is 0 Å². The van der Waals surface area contributed by atoms with Crippen molar-refractivity contribution in [3.8, 4) is 0 Å². The Hall–Kier alpha value is -2.40. The molecule has 4 nitrogen and oxygen atoms in total. The Morgan fingerprint density at radius 3 is 2.55 bits per heavy atom. The first kappa shape index (κ1) is 14.5. The fourth-order valence-corrected chi connectivity index (χ4v) is 3.07. The second kappa shape index (κ2) is 6.15. The molecule has 5 heteroatoms. The standard InChI is InChI=1S/C17H17N3OS/c1-20(2)13-9-7-12(8-10-13)17(21)18-11-16-19-14-5-3-4-6-15(14)22-16/h3-10H,11H2,1-2H3,(H,18,21). The number of carbonyl (C=O) groups is 1. The van der Waals surface area contributed by atoms with Crippen LogP contribution in [0.25, 0.3) is 10.2 Å². The Kier molecular flexibility index (Phi) is 4.06. The summed E-state index contributed by atoms with van der Waals surface area (Å²) in [5.41, 5.74) is 2.71. The first-order chi connectivity index (χ1) is 10.6. The van der Waals surface area contributed by atoms with Gasteiger partial charge in [-0.05, 0) is 36.4 Å². The van der Waals surface area contributed by atoms with Crippen molar-refractivity contribution in [2.24, 2.45) is 0 Å². The van der Waals surface area contributed by atoms with Crippen LogP contribution in [-0.2, 0) is 6.54 Å². The summed E-state index contributed by atoms with van der Waals surface area (Å²) in [6.07, 6.45) is 0. The number of fused-ring (bicyclic) bond motifs is 1. The van der Waals surface area contributed by atoms with Gasteiger partial charge in [0, 0.05) is 25.3 Å². The van der Waals surface area contributed by atoms with Gasteiger partial charge in [-0.1, -0.05) is 12.1 Å². The van der Waals surface area contributed by atoms with Crippen molar-refractivity contribution in [1.82, 2.24) is 10.3 Å². The van der Waals surface area contributed by atoms with Gasteiger partial charge in [-0.2, -0.15) is 0 Å². The molecule has 1 amide bonds. The molecule has 0 unspecified atom stereocenters. The third kappa shape index (κ3) is 3.09. The van der Waals surface area contributed by atoms with Crippen LogP contribution >= 0.6 is 11.3 Å². The third-order valence-electron chi connectivity index (χ3n) is 3.38. The lowest BCUT2D eigenvalue weighted by atomic mass is 10.2. The molecule has 2 aromatic carbocycles. The van der Waals surface area contributed by atoms with E-state index in [1.807, 2.05) is 67.5 Å². The van der Waals surface area contributed by atoms with Crippen molar-refractivity contribution in [3.05, 3.63) is 59.1 Å². The fraction of sp³-hybridized carbons (Fsp3) is 0.176. The molecule has 0 saturated carbocycles. The zero-order valence-corrected chi connectivity index (χ0v) is 13.4. The highest BCUT2D eigenvalue weighted by atomic mass is 32.1. The summed E-state index contributed by atoms with van der Waals surface area (Å²) in [4.78, 5) is 18.7. The quantitative estimate of drug-likeness (QED) is 0.804. The number of hydrogen-bond donors (Lipinski definition) is 1. The van der Waals surface area contributed by atoms with E-state index >= 15 is 0 Å². The molecule has 0 bridgehead atoms. The normalized spacial score (nSPS) is 10.6. The lowest BCUT2D eigenvalue weighted by molar-refractivity contribution is 0.0951. The van der Waals surface area contributed by atoms with Crippen LogP contribution in [0.4, 0.5) is 5.69 Å². The maximum Gasteiger partial charge on any atom is 0.251 e. The molecule has 112 valence electrons. The molecule has 0 radical (unpaired) electrons. The predicted molar refractivity (Wildman–Crippen MR) is 91.6 cm³/mol. The molecule has 22 heavy (non-hydrogen) atoms. The smallest absolute Gasteiger partial charge is 0.251 e. The van der Waals surface area contributed by atoms with E-state index in [2.05, 4.69) is 10.3 Å². The van der Waals surface area contributed by atoms with E-state index in [0.29, 0.717) is 12.1 Å². The van der Waals surface area contributed by atoms with Crippen molar-refractivity contribution in [2.45, 2.75) is 6.54 Å². The zero-order valence-electron chi connectivity index (χ0n) is 12.5. The SMILES string of the molecule is CN(C)c1ccc(C(=O)NCc2nc3ccccc3s2)cc1. The number of hydrogen-bond acceptors (Lipinski definition) is 4. The summed E-state index contributed by atoms with van der Waals surface area (Å²) in [5, 5.41) is 3.84. The number of nitrogens with one attached hydrogen (secondary N) is 1. The molecule has 0 saturated heterocycles. The highest BCUT2D eigenvalue weighted by molar-refractivity contribution is 7.18. The Bertz CT molecular complexity index is 760. The van der Waals surface area contributed by atoms with Crippen LogP contribution in [0.5, 0.6) is 0 Å². The Morgan fingerprint density at radius 1 is 1.14 bits per heavy atom. The average molecular weight is 311 g/mol. The number of anilines is 1. The molecule has 3 rings (SSSR count). The fourth-order valence-electron chi connectivity index (χ4n) is 2.16. The van der Waals surface area contributed by atoms with Crippen LogP contribution in [0.3, 0.4) is 0 Å². The van der Waals surface area contributed by atoms with E-state index in [1.165, 1.54) is 0 Å². The van der Waals surface area contributed by atoms with Gasteiger partial charge in [0.1, 0.15) is 5.01 Å². The molecular formula is C17H17N3OS. The van der Waals surface area contributed by atoms with E-state index in [1.54, 1.807) is 11.3 Å². The topological polar surface area (TPSA) is 45.2 Å². The summed E-state index contributed by atoms with van der Waals surface area (Å²) in [5.74, 6) is -0.0791. The van der Waals surface area contributed by atoms with Gasteiger partial charge in [0.25, 0.3) is 5.91 Å². The second-order valence-electron chi connectivity index (χ2n) is 5.20. The van der Waals surface area contributed by atoms with Crippen LogP contribution in [-0.4, -0.2) is 25.0 Å². The van der Waals surface area contributed by atoms with Crippen molar-refractivity contribution >= 4 is 33.1 Å². The molecule has 0 aliphatic rings. The summed E-state index contributed by atoms with van der Waals surface area (Å²) in [7, 11) is 3.95. The van der Waals surface area contributed by atoms with E-state index in [9.17, 15) is 4.79 Å². The van der Waals surface area contributed by atoms with E-state index in [0.717, 1.165) is 20.9 Å². The average Bonchev–Trinajstić information content (AvgIpc) is 2.95. The number of carbonyl (C=O) groups excluding carboxylic acids is 1. The van der Waals surface area contributed by atoms with Gasteiger partial charge >= 0.3 is 0 Å². The van der Waals surface area contributed by atoms with Gasteiger partial charge in [0.2, 0.25) is 0 Å². The van der Waals surface area contributed by atoms with Gasteiger partial charge in [0.05, 0.1) is 16.8 Å². The van der Waals surface area contributed by atoms with Gasteiger partial charge in [0.15, 0.2) is 0 Å². The molecule has 0 fully saturated rings. The minimum atomic E-state index is -0.0791. The van der Waals surface area contributed by atoms with Crippen molar-refractivity contribution in [3.63, 3.8) is 0 Å². The second-order valence-corrected chi connectivity index (χ2v) is 6.31. The van der Waals surface area contributed by atoms with Crippen LogP contribution < -0.4 is 10.2 Å². The van der Waals surface area contributed by atoms with Gasteiger partial charge < -0.3 is 10.2 Å². The molecule has 1 aromatic heterocycles. The summed E-state index contributed by atoms with van der Waals surface area (Å²) in [6.45, 7) is 0.452. The van der Waals surface area contributed by atoms with Crippen molar-refractivity contribution in [2.75, 3.05) is 19.0 Å². The molecule has 0 atom stereocenters. The number of aromatic nitrogens is 1. The highest BCUT2D eigenvalue weighted by Gasteiger charge is 2.08. The van der Waals surface area contributed by atoms with Gasteiger partial charge in [-0.3, -0.25) is 4.79 Å². The number of para-hydroxylation sites is 1. The van der Waals surface area contributed by atoms with Crippen LogP contribution in [0.1, 0.15) is 15.4 Å². The highest BCUT2D eigenvalue weighted by Crippen LogP contribution is 2.21. The minimum absolute atomic E-state index is 0.0791. The molecule has 0 spiro atoms.